The van der Waals surface area contributed by atoms with Gasteiger partial charge in [0.2, 0.25) is 0 Å². The Labute approximate surface area is 53.6 Å². The Kier molecular flexibility index (Phi) is 1.56. The van der Waals surface area contributed by atoms with Crippen LogP contribution in [0.1, 0.15) is 26.2 Å². The maximum absolute atomic E-state index is 12.4. The van der Waals surface area contributed by atoms with Crippen LogP contribution in [0.25, 0.3) is 0 Å². The van der Waals surface area contributed by atoms with Crippen molar-refractivity contribution in [3.8, 4) is 0 Å². The first-order chi connectivity index (χ1) is 4.10. The number of allylic oxidation sites excluding steroid dienone is 2. The highest BCUT2D eigenvalue weighted by atomic mass is 19.3. The van der Waals surface area contributed by atoms with Gasteiger partial charge in [-0.2, -0.15) is 0 Å². The lowest BCUT2D eigenvalue weighted by atomic mass is 9.97. The molecule has 1 aliphatic rings. The summed E-state index contributed by atoms with van der Waals surface area (Å²) in [6, 6.07) is 0. The summed E-state index contributed by atoms with van der Waals surface area (Å²) in [4.78, 5) is 0. The van der Waals surface area contributed by atoms with Crippen molar-refractivity contribution in [1.82, 2.24) is 0 Å². The zero-order chi connectivity index (χ0) is 6.91. The van der Waals surface area contributed by atoms with E-state index < -0.39 is 5.92 Å². The Hall–Kier alpha value is -0.400. The molecule has 0 aliphatic heterocycles. The van der Waals surface area contributed by atoms with E-state index in [0.717, 1.165) is 5.57 Å². The van der Waals surface area contributed by atoms with Crippen LogP contribution in [0.3, 0.4) is 0 Å². The first-order valence-corrected chi connectivity index (χ1v) is 3.14. The lowest BCUT2D eigenvalue weighted by molar-refractivity contribution is -0.0104. The van der Waals surface area contributed by atoms with Crippen LogP contribution in [0.5, 0.6) is 0 Å². The van der Waals surface area contributed by atoms with Gasteiger partial charge in [0.25, 0.3) is 5.92 Å². The Morgan fingerprint density at radius 1 is 1.56 bits per heavy atom. The molecule has 0 N–H and O–H groups in total. The molecule has 0 unspecified atom stereocenters. The van der Waals surface area contributed by atoms with E-state index in [-0.39, 0.29) is 12.8 Å². The van der Waals surface area contributed by atoms with Gasteiger partial charge in [0, 0.05) is 12.8 Å². The molecule has 0 nitrogen and oxygen atoms in total. The minimum Gasteiger partial charge on any atom is -0.207 e. The highest BCUT2D eigenvalue weighted by Crippen LogP contribution is 2.32. The third-order valence-corrected chi connectivity index (χ3v) is 1.54. The van der Waals surface area contributed by atoms with Crippen molar-refractivity contribution >= 4 is 0 Å². The predicted molar refractivity (Wildman–Crippen MR) is 32.6 cm³/mol. The van der Waals surface area contributed by atoms with Gasteiger partial charge in [-0.1, -0.05) is 11.6 Å². The first-order valence-electron chi connectivity index (χ1n) is 3.14. The Bertz CT molecular complexity index is 136. The zero-order valence-electron chi connectivity index (χ0n) is 5.45. The van der Waals surface area contributed by atoms with Gasteiger partial charge in [0.05, 0.1) is 0 Å². The molecule has 0 aromatic heterocycles. The number of hydrogen-bond donors (Lipinski definition) is 0. The molecule has 0 amide bonds. The predicted octanol–water partition coefficient (Wildman–Crippen LogP) is 2.75. The van der Waals surface area contributed by atoms with Crippen LogP contribution < -0.4 is 0 Å². The van der Waals surface area contributed by atoms with Crippen LogP contribution in [0.4, 0.5) is 8.78 Å². The van der Waals surface area contributed by atoms with Gasteiger partial charge in [-0.25, -0.2) is 8.78 Å². The standard InChI is InChI=1S/C7H10F2/c1-6-3-2-4-7(8,9)5-6/h3H,2,4-5H2,1H3. The summed E-state index contributed by atoms with van der Waals surface area (Å²) in [5.41, 5.74) is 0.825. The normalized spacial score (nSPS) is 25.4. The van der Waals surface area contributed by atoms with Crippen LogP contribution in [0, 0.1) is 0 Å². The average Bonchev–Trinajstić information content (AvgIpc) is 1.60. The summed E-state index contributed by atoms with van der Waals surface area (Å²) in [5, 5.41) is 0. The molecule has 0 atom stereocenters. The summed E-state index contributed by atoms with van der Waals surface area (Å²) in [7, 11) is 0. The lowest BCUT2D eigenvalue weighted by Gasteiger charge is -2.19. The van der Waals surface area contributed by atoms with Gasteiger partial charge >= 0.3 is 0 Å². The van der Waals surface area contributed by atoms with Crippen LogP contribution in [-0.4, -0.2) is 5.92 Å². The van der Waals surface area contributed by atoms with E-state index in [9.17, 15) is 8.78 Å². The van der Waals surface area contributed by atoms with E-state index in [2.05, 4.69) is 0 Å². The van der Waals surface area contributed by atoms with Gasteiger partial charge < -0.3 is 0 Å². The van der Waals surface area contributed by atoms with Crippen molar-refractivity contribution in [2.45, 2.75) is 32.1 Å². The fourth-order valence-corrected chi connectivity index (χ4v) is 1.10. The van der Waals surface area contributed by atoms with Crippen molar-refractivity contribution in [2.24, 2.45) is 0 Å². The number of alkyl halides is 2. The molecule has 1 rings (SSSR count). The molecule has 2 heteroatoms. The smallest absolute Gasteiger partial charge is 0.207 e. The number of halogens is 2. The van der Waals surface area contributed by atoms with Crippen LogP contribution in [0.2, 0.25) is 0 Å². The fourth-order valence-electron chi connectivity index (χ4n) is 1.10. The van der Waals surface area contributed by atoms with E-state index in [4.69, 9.17) is 0 Å². The molecule has 0 radical (unpaired) electrons. The lowest BCUT2D eigenvalue weighted by Crippen LogP contribution is -2.18. The first kappa shape index (κ1) is 6.72. The van der Waals surface area contributed by atoms with Crippen LogP contribution >= 0.6 is 0 Å². The van der Waals surface area contributed by atoms with Crippen molar-refractivity contribution in [3.05, 3.63) is 11.6 Å². The topological polar surface area (TPSA) is 0 Å². The average molecular weight is 132 g/mol. The zero-order valence-corrected chi connectivity index (χ0v) is 5.45. The molecule has 0 heterocycles. The van der Waals surface area contributed by atoms with Crippen LogP contribution in [-0.2, 0) is 0 Å². The molecule has 0 saturated heterocycles. The third-order valence-electron chi connectivity index (χ3n) is 1.54. The van der Waals surface area contributed by atoms with E-state index in [1.54, 1.807) is 6.92 Å². The van der Waals surface area contributed by atoms with E-state index >= 15 is 0 Å². The molecule has 0 aromatic carbocycles. The van der Waals surface area contributed by atoms with Gasteiger partial charge in [-0.3, -0.25) is 0 Å². The Balaban J connectivity index is 2.59. The van der Waals surface area contributed by atoms with Gasteiger partial charge in [0.15, 0.2) is 0 Å². The van der Waals surface area contributed by atoms with Crippen molar-refractivity contribution < 1.29 is 8.78 Å². The summed E-state index contributed by atoms with van der Waals surface area (Å²) < 4.78 is 24.8. The van der Waals surface area contributed by atoms with E-state index in [1.807, 2.05) is 6.08 Å². The van der Waals surface area contributed by atoms with Crippen molar-refractivity contribution in [1.29, 1.82) is 0 Å². The minimum absolute atomic E-state index is 0.0321. The molecule has 0 bridgehead atoms. The molecule has 0 spiro atoms. The Morgan fingerprint density at radius 2 is 2.22 bits per heavy atom. The number of hydrogen-bond acceptors (Lipinski definition) is 0. The van der Waals surface area contributed by atoms with Gasteiger partial charge in [-0.15, -0.1) is 0 Å². The van der Waals surface area contributed by atoms with E-state index in [1.165, 1.54) is 0 Å². The SMILES string of the molecule is CC1=CCCC(F)(F)C1. The maximum Gasteiger partial charge on any atom is 0.252 e. The summed E-state index contributed by atoms with van der Waals surface area (Å²) >= 11 is 0. The minimum atomic E-state index is -2.42. The third kappa shape index (κ3) is 1.77. The quantitative estimate of drug-likeness (QED) is 0.444. The summed E-state index contributed by atoms with van der Waals surface area (Å²) in [6.45, 7) is 1.76. The van der Waals surface area contributed by atoms with Gasteiger partial charge in [-0.05, 0) is 13.3 Å². The second-order valence-corrected chi connectivity index (χ2v) is 2.62. The molecule has 0 fully saturated rings. The highest BCUT2D eigenvalue weighted by molar-refractivity contribution is 5.05. The summed E-state index contributed by atoms with van der Waals surface area (Å²) in [5.74, 6) is -2.42. The molecular weight excluding hydrogens is 122 g/mol. The van der Waals surface area contributed by atoms with Crippen molar-refractivity contribution in [2.75, 3.05) is 0 Å². The van der Waals surface area contributed by atoms with Gasteiger partial charge in [0.1, 0.15) is 0 Å². The molecule has 52 valence electrons. The fraction of sp³-hybridized carbons (Fsp3) is 0.714. The monoisotopic (exact) mass is 132 g/mol. The largest absolute Gasteiger partial charge is 0.252 e. The maximum atomic E-state index is 12.4. The Morgan fingerprint density at radius 3 is 2.56 bits per heavy atom. The number of rotatable bonds is 0. The van der Waals surface area contributed by atoms with Crippen LogP contribution in [0.15, 0.2) is 11.6 Å². The molecule has 0 aromatic rings. The molecular formula is C7H10F2. The molecule has 9 heavy (non-hydrogen) atoms. The van der Waals surface area contributed by atoms with E-state index in [0.29, 0.717) is 6.42 Å². The van der Waals surface area contributed by atoms with Crippen molar-refractivity contribution in [3.63, 3.8) is 0 Å². The second kappa shape index (κ2) is 2.09. The molecule has 0 saturated carbocycles. The highest BCUT2D eigenvalue weighted by Gasteiger charge is 2.30. The second-order valence-electron chi connectivity index (χ2n) is 2.62. The molecule has 1 aliphatic carbocycles. The summed E-state index contributed by atoms with van der Waals surface area (Å²) in [6.07, 6.45) is 2.42.